The van der Waals surface area contributed by atoms with Gasteiger partial charge in [-0.15, -0.1) is 13.2 Å². The molecule has 0 heterocycles. The molecule has 0 saturated carbocycles. The minimum Gasteiger partial charge on any atom is -0.405 e. The van der Waals surface area contributed by atoms with E-state index < -0.39 is 6.36 Å². The topological polar surface area (TPSA) is 9.23 Å². The molecule has 2 rings (SSSR count). The van der Waals surface area contributed by atoms with Crippen molar-refractivity contribution in [3.05, 3.63) is 42.0 Å². The van der Waals surface area contributed by atoms with Gasteiger partial charge in [0.15, 0.2) is 0 Å². The number of hydrogen-bond acceptors (Lipinski definition) is 1. The summed E-state index contributed by atoms with van der Waals surface area (Å²) in [5, 5.41) is 1.27. The molecule has 19 heavy (non-hydrogen) atoms. The monoisotopic (exact) mass is 268 g/mol. The van der Waals surface area contributed by atoms with Gasteiger partial charge in [0.05, 0.1) is 0 Å². The smallest absolute Gasteiger partial charge is 0.405 e. The maximum absolute atomic E-state index is 12.4. The second kappa shape index (κ2) is 4.44. The molecular formula is C15H15F3O. The van der Waals surface area contributed by atoms with Gasteiger partial charge in [-0.05, 0) is 22.4 Å². The van der Waals surface area contributed by atoms with Gasteiger partial charge >= 0.3 is 6.36 Å². The van der Waals surface area contributed by atoms with Crippen LogP contribution in [0.25, 0.3) is 10.8 Å². The zero-order valence-corrected chi connectivity index (χ0v) is 11.0. The van der Waals surface area contributed by atoms with Gasteiger partial charge in [0.1, 0.15) is 5.75 Å². The van der Waals surface area contributed by atoms with E-state index in [1.54, 1.807) is 18.2 Å². The van der Waals surface area contributed by atoms with E-state index in [9.17, 15) is 13.2 Å². The number of benzene rings is 2. The summed E-state index contributed by atoms with van der Waals surface area (Å²) in [7, 11) is 0. The summed E-state index contributed by atoms with van der Waals surface area (Å²) in [5.41, 5.74) is 0.855. The maximum Gasteiger partial charge on any atom is 0.573 e. The Kier molecular flexibility index (Phi) is 3.20. The normalized spacial score (nSPS) is 12.7. The molecule has 102 valence electrons. The molecule has 0 amide bonds. The summed E-state index contributed by atoms with van der Waals surface area (Å²) in [6.07, 6.45) is -4.67. The van der Waals surface area contributed by atoms with Crippen molar-refractivity contribution >= 4 is 10.8 Å². The Hall–Kier alpha value is -1.71. The molecule has 0 spiro atoms. The molecule has 4 heteroatoms. The summed E-state index contributed by atoms with van der Waals surface area (Å²) in [6, 6.07) is 10.1. The van der Waals surface area contributed by atoms with Crippen LogP contribution in [-0.2, 0) is 5.41 Å². The fourth-order valence-corrected chi connectivity index (χ4v) is 2.14. The Morgan fingerprint density at radius 2 is 1.42 bits per heavy atom. The standard InChI is InChI=1S/C15H15F3O/c1-14(2,3)12-8-9-13(19-15(16,17)18)11-7-5-4-6-10(11)12/h4-9H,1-3H3. The predicted octanol–water partition coefficient (Wildman–Crippen LogP) is 5.04. The van der Waals surface area contributed by atoms with Crippen LogP contribution in [0.15, 0.2) is 36.4 Å². The van der Waals surface area contributed by atoms with Crippen LogP contribution in [-0.4, -0.2) is 6.36 Å². The Morgan fingerprint density at radius 3 is 1.95 bits per heavy atom. The highest BCUT2D eigenvalue weighted by atomic mass is 19.4. The van der Waals surface area contributed by atoms with Crippen molar-refractivity contribution in [1.82, 2.24) is 0 Å². The van der Waals surface area contributed by atoms with Crippen molar-refractivity contribution in [2.24, 2.45) is 0 Å². The number of alkyl halides is 3. The second-order valence-electron chi connectivity index (χ2n) is 5.45. The van der Waals surface area contributed by atoms with Crippen molar-refractivity contribution < 1.29 is 17.9 Å². The first kappa shape index (κ1) is 13.7. The molecule has 0 bridgehead atoms. The van der Waals surface area contributed by atoms with Crippen molar-refractivity contribution in [2.75, 3.05) is 0 Å². The van der Waals surface area contributed by atoms with Gasteiger partial charge < -0.3 is 4.74 Å². The molecular weight excluding hydrogens is 253 g/mol. The van der Waals surface area contributed by atoms with Gasteiger partial charge in [0, 0.05) is 5.39 Å². The molecule has 1 nitrogen and oxygen atoms in total. The summed E-state index contributed by atoms with van der Waals surface area (Å²) >= 11 is 0. The molecule has 0 saturated heterocycles. The van der Waals surface area contributed by atoms with Gasteiger partial charge in [-0.1, -0.05) is 51.1 Å². The largest absolute Gasteiger partial charge is 0.573 e. The minimum absolute atomic E-state index is 0.142. The quantitative estimate of drug-likeness (QED) is 0.704. The van der Waals surface area contributed by atoms with E-state index >= 15 is 0 Å². The number of ether oxygens (including phenoxy) is 1. The van der Waals surface area contributed by atoms with Crippen molar-refractivity contribution in [2.45, 2.75) is 32.5 Å². The van der Waals surface area contributed by atoms with Gasteiger partial charge in [0.2, 0.25) is 0 Å². The lowest BCUT2D eigenvalue weighted by Gasteiger charge is -2.22. The fraction of sp³-hybridized carbons (Fsp3) is 0.333. The van der Waals surface area contributed by atoms with Crippen LogP contribution in [0, 0.1) is 0 Å². The minimum atomic E-state index is -4.67. The van der Waals surface area contributed by atoms with Crippen LogP contribution >= 0.6 is 0 Å². The summed E-state index contributed by atoms with van der Waals surface area (Å²) < 4.78 is 41.2. The Morgan fingerprint density at radius 1 is 0.842 bits per heavy atom. The molecule has 0 N–H and O–H groups in total. The molecule has 0 aliphatic carbocycles. The third-order valence-corrected chi connectivity index (χ3v) is 2.92. The van der Waals surface area contributed by atoms with E-state index in [0.717, 1.165) is 10.9 Å². The van der Waals surface area contributed by atoms with Gasteiger partial charge in [0.25, 0.3) is 0 Å². The predicted molar refractivity (Wildman–Crippen MR) is 69.3 cm³/mol. The molecule has 2 aromatic rings. The van der Waals surface area contributed by atoms with Crippen molar-refractivity contribution in [3.8, 4) is 5.75 Å². The number of halogens is 3. The van der Waals surface area contributed by atoms with E-state index in [4.69, 9.17) is 0 Å². The Labute approximate surface area is 110 Å². The molecule has 0 unspecified atom stereocenters. The summed E-state index contributed by atoms with van der Waals surface area (Å²) in [4.78, 5) is 0. The number of rotatable bonds is 1. The lowest BCUT2D eigenvalue weighted by atomic mass is 9.83. The lowest BCUT2D eigenvalue weighted by Crippen LogP contribution is -2.18. The Bertz CT molecular complexity index is 594. The zero-order valence-electron chi connectivity index (χ0n) is 11.0. The van der Waals surface area contributed by atoms with Crippen LogP contribution in [0.1, 0.15) is 26.3 Å². The highest BCUT2D eigenvalue weighted by Crippen LogP contribution is 2.36. The van der Waals surface area contributed by atoms with Crippen LogP contribution in [0.3, 0.4) is 0 Å². The number of hydrogen-bond donors (Lipinski definition) is 0. The first-order chi connectivity index (χ1) is 8.68. The molecule has 0 radical (unpaired) electrons. The van der Waals surface area contributed by atoms with Crippen LogP contribution in [0.2, 0.25) is 0 Å². The van der Waals surface area contributed by atoms with Crippen LogP contribution in [0.4, 0.5) is 13.2 Å². The third kappa shape index (κ3) is 3.00. The van der Waals surface area contributed by atoms with Gasteiger partial charge in [-0.3, -0.25) is 0 Å². The average Bonchev–Trinajstić information content (AvgIpc) is 2.25. The Balaban J connectivity index is 2.65. The van der Waals surface area contributed by atoms with Crippen molar-refractivity contribution in [1.29, 1.82) is 0 Å². The zero-order chi connectivity index (χ0) is 14.3. The van der Waals surface area contributed by atoms with Crippen LogP contribution in [0.5, 0.6) is 5.75 Å². The van der Waals surface area contributed by atoms with E-state index in [0.29, 0.717) is 5.39 Å². The fourth-order valence-electron chi connectivity index (χ4n) is 2.14. The first-order valence-corrected chi connectivity index (χ1v) is 5.96. The molecule has 0 aliphatic rings. The maximum atomic E-state index is 12.4. The van der Waals surface area contributed by atoms with E-state index in [-0.39, 0.29) is 11.2 Å². The molecule has 2 aromatic carbocycles. The number of fused-ring (bicyclic) bond motifs is 1. The van der Waals surface area contributed by atoms with Gasteiger partial charge in [-0.25, -0.2) is 0 Å². The van der Waals surface area contributed by atoms with Crippen molar-refractivity contribution in [3.63, 3.8) is 0 Å². The van der Waals surface area contributed by atoms with Crippen LogP contribution < -0.4 is 4.74 Å². The van der Waals surface area contributed by atoms with E-state index in [1.807, 2.05) is 32.9 Å². The first-order valence-electron chi connectivity index (χ1n) is 5.96. The third-order valence-electron chi connectivity index (χ3n) is 2.92. The highest BCUT2D eigenvalue weighted by molar-refractivity contribution is 5.91. The molecule has 0 atom stereocenters. The van der Waals surface area contributed by atoms with Gasteiger partial charge in [-0.2, -0.15) is 0 Å². The lowest BCUT2D eigenvalue weighted by molar-refractivity contribution is -0.274. The van der Waals surface area contributed by atoms with E-state index in [2.05, 4.69) is 4.74 Å². The second-order valence-corrected chi connectivity index (χ2v) is 5.45. The summed E-state index contributed by atoms with van der Waals surface area (Å²) in [6.45, 7) is 6.08. The van der Waals surface area contributed by atoms with E-state index in [1.165, 1.54) is 6.07 Å². The average molecular weight is 268 g/mol. The molecule has 0 fully saturated rings. The SMILES string of the molecule is CC(C)(C)c1ccc(OC(F)(F)F)c2ccccc12. The summed E-state index contributed by atoms with van der Waals surface area (Å²) in [5.74, 6) is -0.156. The molecule has 0 aromatic heterocycles. The molecule has 0 aliphatic heterocycles. The highest BCUT2D eigenvalue weighted by Gasteiger charge is 2.32.